The molecule has 3 atom stereocenters. The number of nitrogens with zero attached hydrogens (tertiary/aromatic N) is 2. The van der Waals surface area contributed by atoms with Gasteiger partial charge in [0.15, 0.2) is 0 Å². The maximum Gasteiger partial charge on any atom is 0.307 e. The highest BCUT2D eigenvalue weighted by molar-refractivity contribution is 7.89. The molecule has 0 bridgehead atoms. The first-order valence-electron chi connectivity index (χ1n) is 10.5. The quantitative estimate of drug-likeness (QED) is 0.780. The number of anilines is 1. The van der Waals surface area contributed by atoms with E-state index in [0.29, 0.717) is 30.6 Å². The summed E-state index contributed by atoms with van der Waals surface area (Å²) in [7, 11) is -3.82. The number of fused-ring (bicyclic) bond motifs is 1. The second-order valence-corrected chi connectivity index (χ2v) is 10.5. The first kappa shape index (κ1) is 21.8. The summed E-state index contributed by atoms with van der Waals surface area (Å²) in [5, 5.41) is 9.39. The van der Waals surface area contributed by atoms with Crippen LogP contribution in [0.3, 0.4) is 0 Å². The third kappa shape index (κ3) is 3.83. The van der Waals surface area contributed by atoms with Crippen molar-refractivity contribution in [2.75, 3.05) is 18.0 Å². The van der Waals surface area contributed by atoms with Gasteiger partial charge in [-0.2, -0.15) is 4.31 Å². The van der Waals surface area contributed by atoms with E-state index in [0.717, 1.165) is 11.3 Å². The summed E-state index contributed by atoms with van der Waals surface area (Å²) >= 11 is 0. The van der Waals surface area contributed by atoms with Gasteiger partial charge in [-0.05, 0) is 68.5 Å². The summed E-state index contributed by atoms with van der Waals surface area (Å²) in [6.45, 7) is 6.31. The number of aryl methyl sites for hydroxylation is 1. The molecule has 2 aliphatic rings. The fourth-order valence-electron chi connectivity index (χ4n) is 4.92. The number of carboxylic acid groups (broad SMARTS) is 1. The molecule has 1 fully saturated rings. The van der Waals surface area contributed by atoms with Gasteiger partial charge in [0, 0.05) is 30.9 Å². The number of halogens is 1. The Balaban J connectivity index is 1.63. The number of benzene rings is 2. The Kier molecular flexibility index (Phi) is 5.55. The minimum absolute atomic E-state index is 0.210. The molecule has 0 radical (unpaired) electrons. The standard InChI is InChI=1S/C23H27FN2O4S/c1-14-7-8-19(11-21(14)24)25-12-15(2)26(16(3)13-25)31(29,30)22-6-4-5-17-9-18(23(27)28)10-20(17)22/h4-8,11,15-16,18H,9-10,12-13H2,1-3H3,(H,27,28)/t15-,16+,18?. The molecular formula is C23H27FN2O4S. The Hall–Kier alpha value is -2.45. The Morgan fingerprint density at radius 3 is 2.39 bits per heavy atom. The molecule has 6 nitrogen and oxygen atoms in total. The summed E-state index contributed by atoms with van der Waals surface area (Å²) in [5.41, 5.74) is 2.73. The molecule has 2 aromatic rings. The number of rotatable bonds is 4. The van der Waals surface area contributed by atoms with Crippen molar-refractivity contribution >= 4 is 21.7 Å². The van der Waals surface area contributed by atoms with E-state index < -0.39 is 21.9 Å². The van der Waals surface area contributed by atoms with Gasteiger partial charge in [-0.25, -0.2) is 12.8 Å². The molecule has 1 N–H and O–H groups in total. The summed E-state index contributed by atoms with van der Waals surface area (Å²) in [5.74, 6) is -1.77. The van der Waals surface area contributed by atoms with Gasteiger partial charge in [-0.3, -0.25) is 4.79 Å². The molecule has 2 aromatic carbocycles. The van der Waals surface area contributed by atoms with E-state index in [9.17, 15) is 22.7 Å². The van der Waals surface area contributed by atoms with Gasteiger partial charge in [0.25, 0.3) is 0 Å². The number of hydrogen-bond donors (Lipinski definition) is 1. The van der Waals surface area contributed by atoms with Gasteiger partial charge in [0.1, 0.15) is 5.82 Å². The normalized spacial score (nSPS) is 24.3. The number of sulfonamides is 1. The van der Waals surface area contributed by atoms with Crippen LogP contribution in [0.25, 0.3) is 0 Å². The number of piperazine rings is 1. The van der Waals surface area contributed by atoms with Gasteiger partial charge >= 0.3 is 5.97 Å². The lowest BCUT2D eigenvalue weighted by Gasteiger charge is -2.44. The maximum atomic E-state index is 14.1. The molecule has 1 aliphatic carbocycles. The van der Waals surface area contributed by atoms with Gasteiger partial charge in [-0.15, -0.1) is 0 Å². The van der Waals surface area contributed by atoms with Crippen molar-refractivity contribution in [1.29, 1.82) is 0 Å². The lowest BCUT2D eigenvalue weighted by molar-refractivity contribution is -0.141. The van der Waals surface area contributed by atoms with Crippen LogP contribution in [-0.4, -0.2) is 49.0 Å². The Morgan fingerprint density at radius 1 is 1.10 bits per heavy atom. The van der Waals surface area contributed by atoms with Crippen LogP contribution in [-0.2, 0) is 27.7 Å². The summed E-state index contributed by atoms with van der Waals surface area (Å²) in [4.78, 5) is 13.7. The predicted molar refractivity (Wildman–Crippen MR) is 116 cm³/mol. The monoisotopic (exact) mass is 446 g/mol. The molecular weight excluding hydrogens is 419 g/mol. The fraction of sp³-hybridized carbons (Fsp3) is 0.435. The first-order valence-corrected chi connectivity index (χ1v) is 11.9. The third-order valence-corrected chi connectivity index (χ3v) is 8.62. The second-order valence-electron chi connectivity index (χ2n) is 8.71. The number of carboxylic acids is 1. The van der Waals surface area contributed by atoms with Crippen LogP contribution in [0.4, 0.5) is 10.1 Å². The molecule has 4 rings (SSSR count). The summed E-state index contributed by atoms with van der Waals surface area (Å²) < 4.78 is 43.0. The molecule has 0 aromatic heterocycles. The number of aliphatic carboxylic acids is 1. The van der Waals surface area contributed by atoms with Gasteiger partial charge < -0.3 is 10.0 Å². The van der Waals surface area contributed by atoms with E-state index >= 15 is 0 Å². The molecule has 166 valence electrons. The molecule has 0 spiro atoms. The molecule has 1 unspecified atom stereocenters. The van der Waals surface area contributed by atoms with Crippen molar-refractivity contribution in [3.05, 3.63) is 58.9 Å². The van der Waals surface area contributed by atoms with Crippen LogP contribution in [0.15, 0.2) is 41.3 Å². The zero-order valence-corrected chi connectivity index (χ0v) is 18.7. The average Bonchev–Trinajstić information content (AvgIpc) is 3.14. The molecule has 1 saturated heterocycles. The molecule has 1 aliphatic heterocycles. The van der Waals surface area contributed by atoms with Crippen molar-refractivity contribution < 1.29 is 22.7 Å². The Bertz CT molecular complexity index is 1120. The van der Waals surface area contributed by atoms with E-state index in [2.05, 4.69) is 0 Å². The Labute approximate surface area is 182 Å². The number of carbonyl (C=O) groups is 1. The van der Waals surface area contributed by atoms with Crippen molar-refractivity contribution in [2.45, 2.75) is 50.6 Å². The smallest absolute Gasteiger partial charge is 0.307 e. The summed E-state index contributed by atoms with van der Waals surface area (Å²) in [6.07, 6.45) is 0.581. The van der Waals surface area contributed by atoms with Gasteiger partial charge in [0.2, 0.25) is 10.0 Å². The molecule has 0 amide bonds. The average molecular weight is 447 g/mol. The zero-order valence-electron chi connectivity index (χ0n) is 17.9. The Morgan fingerprint density at radius 2 is 1.77 bits per heavy atom. The zero-order chi connectivity index (χ0) is 22.5. The van der Waals surface area contributed by atoms with E-state index in [4.69, 9.17) is 0 Å². The molecule has 0 saturated carbocycles. The van der Waals surface area contributed by atoms with E-state index in [1.807, 2.05) is 30.9 Å². The van der Waals surface area contributed by atoms with E-state index in [1.165, 1.54) is 10.4 Å². The van der Waals surface area contributed by atoms with Crippen LogP contribution >= 0.6 is 0 Å². The fourth-order valence-corrected chi connectivity index (χ4v) is 7.00. The van der Waals surface area contributed by atoms with E-state index in [1.54, 1.807) is 25.1 Å². The third-order valence-electron chi connectivity index (χ3n) is 6.41. The lowest BCUT2D eigenvalue weighted by atomic mass is 10.1. The van der Waals surface area contributed by atoms with Crippen LogP contribution in [0.1, 0.15) is 30.5 Å². The van der Waals surface area contributed by atoms with Crippen molar-refractivity contribution in [3.63, 3.8) is 0 Å². The topological polar surface area (TPSA) is 77.9 Å². The van der Waals surface area contributed by atoms with Crippen LogP contribution in [0.5, 0.6) is 0 Å². The second kappa shape index (κ2) is 7.91. The highest BCUT2D eigenvalue weighted by Gasteiger charge is 2.41. The maximum absolute atomic E-state index is 14.1. The van der Waals surface area contributed by atoms with Crippen LogP contribution in [0.2, 0.25) is 0 Å². The molecule has 8 heteroatoms. The van der Waals surface area contributed by atoms with Gasteiger partial charge in [0.05, 0.1) is 10.8 Å². The van der Waals surface area contributed by atoms with Crippen molar-refractivity contribution in [3.8, 4) is 0 Å². The van der Waals surface area contributed by atoms with Crippen molar-refractivity contribution in [2.24, 2.45) is 5.92 Å². The minimum Gasteiger partial charge on any atom is -0.481 e. The highest BCUT2D eigenvalue weighted by atomic mass is 32.2. The lowest BCUT2D eigenvalue weighted by Crippen LogP contribution is -2.58. The van der Waals surface area contributed by atoms with Crippen molar-refractivity contribution in [1.82, 2.24) is 4.31 Å². The number of hydrogen-bond acceptors (Lipinski definition) is 4. The predicted octanol–water partition coefficient (Wildman–Crippen LogP) is 3.22. The largest absolute Gasteiger partial charge is 0.481 e. The van der Waals surface area contributed by atoms with Crippen LogP contribution in [0, 0.1) is 18.7 Å². The first-order chi connectivity index (χ1) is 14.6. The minimum atomic E-state index is -3.82. The van der Waals surface area contributed by atoms with Gasteiger partial charge in [-0.1, -0.05) is 18.2 Å². The highest BCUT2D eigenvalue weighted by Crippen LogP contribution is 2.36. The van der Waals surface area contributed by atoms with Crippen LogP contribution < -0.4 is 4.90 Å². The molecule has 1 heterocycles. The summed E-state index contributed by atoms with van der Waals surface area (Å²) in [6, 6.07) is 9.52. The molecule has 31 heavy (non-hydrogen) atoms. The SMILES string of the molecule is Cc1ccc(N2C[C@@H](C)N(S(=O)(=O)c3cccc4c3CC(C(=O)O)C4)[C@@H](C)C2)cc1F. The van der Waals surface area contributed by atoms with E-state index in [-0.39, 0.29) is 29.2 Å².